The van der Waals surface area contributed by atoms with E-state index < -0.39 is 0 Å². The Kier molecular flexibility index (Phi) is 2.08. The van der Waals surface area contributed by atoms with Crippen molar-refractivity contribution in [3.8, 4) is 11.3 Å². The van der Waals surface area contributed by atoms with Gasteiger partial charge < -0.3 is 4.42 Å². The minimum Gasteiger partial charge on any atom is -0.438 e. The van der Waals surface area contributed by atoms with Gasteiger partial charge in [-0.2, -0.15) is 9.61 Å². The summed E-state index contributed by atoms with van der Waals surface area (Å²) in [7, 11) is 0. The van der Waals surface area contributed by atoms with Gasteiger partial charge in [-0.25, -0.2) is 0 Å². The Morgan fingerprint density at radius 2 is 1.94 bits per heavy atom. The Morgan fingerprint density at radius 1 is 1.18 bits per heavy atom. The minimum absolute atomic E-state index is 0.182. The van der Waals surface area contributed by atoms with E-state index in [2.05, 4.69) is 5.10 Å². The number of nitrogens with zero attached hydrogens (tertiary/aromatic N) is 2. The molecule has 0 fully saturated rings. The fourth-order valence-electron chi connectivity index (χ4n) is 1.77. The van der Waals surface area contributed by atoms with Gasteiger partial charge in [-0.15, -0.1) is 0 Å². The molecule has 0 radical (unpaired) electrons. The second kappa shape index (κ2) is 3.59. The lowest BCUT2D eigenvalue weighted by molar-refractivity contribution is 0.577. The van der Waals surface area contributed by atoms with E-state index in [0.717, 1.165) is 11.3 Å². The molecular weight excluding hydrogens is 216 g/mol. The molecule has 2 heterocycles. The van der Waals surface area contributed by atoms with Gasteiger partial charge in [0.15, 0.2) is 0 Å². The summed E-state index contributed by atoms with van der Waals surface area (Å²) in [5.41, 5.74) is 1.93. The normalized spacial score (nSPS) is 10.9. The third-order valence-corrected chi connectivity index (χ3v) is 2.54. The smallest absolute Gasteiger partial charge is 0.277 e. The molecule has 4 nitrogen and oxygen atoms in total. The first-order valence-corrected chi connectivity index (χ1v) is 5.30. The third kappa shape index (κ3) is 1.63. The summed E-state index contributed by atoms with van der Waals surface area (Å²) in [6.07, 6.45) is 0. The van der Waals surface area contributed by atoms with E-state index in [-0.39, 0.29) is 5.56 Å². The van der Waals surface area contributed by atoms with Crippen LogP contribution in [0.25, 0.3) is 17.0 Å². The molecule has 0 bridgehead atoms. The predicted octanol–water partition coefficient (Wildman–Crippen LogP) is 2.26. The maximum Gasteiger partial charge on any atom is 0.277 e. The van der Waals surface area contributed by atoms with Crippen molar-refractivity contribution in [2.45, 2.75) is 6.92 Å². The quantitative estimate of drug-likeness (QED) is 0.639. The van der Waals surface area contributed by atoms with E-state index in [1.165, 1.54) is 10.6 Å². The van der Waals surface area contributed by atoms with Gasteiger partial charge in [0.25, 0.3) is 5.56 Å². The SMILES string of the molecule is Cc1cc2oc(-c3ccccc3)cc(=O)n2n1. The van der Waals surface area contributed by atoms with Crippen LogP contribution in [0.4, 0.5) is 0 Å². The molecule has 17 heavy (non-hydrogen) atoms. The highest BCUT2D eigenvalue weighted by molar-refractivity contribution is 5.57. The Bertz CT molecular complexity index is 726. The topological polar surface area (TPSA) is 47.5 Å². The van der Waals surface area contributed by atoms with E-state index in [4.69, 9.17) is 4.42 Å². The van der Waals surface area contributed by atoms with Gasteiger partial charge in [0.1, 0.15) is 5.76 Å². The average Bonchev–Trinajstić information content (AvgIpc) is 2.71. The van der Waals surface area contributed by atoms with Gasteiger partial charge in [0.05, 0.1) is 5.69 Å². The standard InChI is InChI=1S/C13H10N2O2/c1-9-7-13-15(14-9)12(16)8-11(17-13)10-5-3-2-4-6-10/h2-8H,1H3. The number of fused-ring (bicyclic) bond motifs is 1. The molecule has 84 valence electrons. The third-order valence-electron chi connectivity index (χ3n) is 2.54. The van der Waals surface area contributed by atoms with Gasteiger partial charge >= 0.3 is 0 Å². The van der Waals surface area contributed by atoms with Gasteiger partial charge in [-0.1, -0.05) is 30.3 Å². The highest BCUT2D eigenvalue weighted by Gasteiger charge is 2.07. The summed E-state index contributed by atoms with van der Waals surface area (Å²) in [6, 6.07) is 12.7. The van der Waals surface area contributed by atoms with Crippen molar-refractivity contribution in [3.63, 3.8) is 0 Å². The van der Waals surface area contributed by atoms with Crippen LogP contribution >= 0.6 is 0 Å². The molecule has 0 N–H and O–H groups in total. The van der Waals surface area contributed by atoms with E-state index in [1.54, 1.807) is 6.07 Å². The molecule has 4 heteroatoms. The largest absolute Gasteiger partial charge is 0.438 e. The summed E-state index contributed by atoms with van der Waals surface area (Å²) in [5.74, 6) is 0.558. The van der Waals surface area contributed by atoms with Crippen molar-refractivity contribution in [2.75, 3.05) is 0 Å². The number of rotatable bonds is 1. The fourth-order valence-corrected chi connectivity index (χ4v) is 1.77. The Labute approximate surface area is 97.1 Å². The second-order valence-electron chi connectivity index (χ2n) is 3.85. The molecule has 2 aromatic heterocycles. The number of aryl methyl sites for hydroxylation is 1. The highest BCUT2D eigenvalue weighted by atomic mass is 16.3. The first kappa shape index (κ1) is 9.84. The highest BCUT2D eigenvalue weighted by Crippen LogP contribution is 2.18. The van der Waals surface area contributed by atoms with Crippen molar-refractivity contribution in [3.05, 3.63) is 58.5 Å². The molecule has 0 amide bonds. The molecule has 1 aromatic carbocycles. The predicted molar refractivity (Wildman–Crippen MR) is 63.9 cm³/mol. The maximum atomic E-state index is 11.8. The van der Waals surface area contributed by atoms with E-state index in [1.807, 2.05) is 37.3 Å². The van der Waals surface area contributed by atoms with Crippen molar-refractivity contribution >= 4 is 5.71 Å². The van der Waals surface area contributed by atoms with Crippen molar-refractivity contribution in [1.29, 1.82) is 0 Å². The van der Waals surface area contributed by atoms with Crippen LogP contribution < -0.4 is 5.56 Å². The molecule has 0 spiro atoms. The molecule has 0 aliphatic rings. The Hall–Kier alpha value is -2.36. The number of hydrogen-bond acceptors (Lipinski definition) is 3. The van der Waals surface area contributed by atoms with Crippen LogP contribution in [-0.2, 0) is 0 Å². The first-order valence-electron chi connectivity index (χ1n) is 5.30. The van der Waals surface area contributed by atoms with Crippen molar-refractivity contribution < 1.29 is 4.42 Å². The lowest BCUT2D eigenvalue weighted by Crippen LogP contribution is -2.12. The van der Waals surface area contributed by atoms with Crippen molar-refractivity contribution in [1.82, 2.24) is 9.61 Å². The van der Waals surface area contributed by atoms with Crippen LogP contribution in [0.15, 0.2) is 51.7 Å². The number of aromatic nitrogens is 2. The molecule has 3 aromatic rings. The molecular formula is C13H10N2O2. The van der Waals surface area contributed by atoms with E-state index >= 15 is 0 Å². The number of benzene rings is 1. The number of hydrogen-bond donors (Lipinski definition) is 0. The van der Waals surface area contributed by atoms with Gasteiger partial charge in [-0.3, -0.25) is 4.79 Å². The van der Waals surface area contributed by atoms with Gasteiger partial charge in [0, 0.05) is 17.7 Å². The molecule has 0 atom stereocenters. The second-order valence-corrected chi connectivity index (χ2v) is 3.85. The Morgan fingerprint density at radius 3 is 2.71 bits per heavy atom. The average molecular weight is 226 g/mol. The lowest BCUT2D eigenvalue weighted by atomic mass is 10.2. The van der Waals surface area contributed by atoms with Crippen molar-refractivity contribution in [2.24, 2.45) is 0 Å². The zero-order valence-corrected chi connectivity index (χ0v) is 9.25. The monoisotopic (exact) mass is 226 g/mol. The van der Waals surface area contributed by atoms with Crippen LogP contribution in [0.1, 0.15) is 5.69 Å². The summed E-state index contributed by atoms with van der Waals surface area (Å²) in [4.78, 5) is 11.8. The van der Waals surface area contributed by atoms with E-state index in [9.17, 15) is 4.79 Å². The molecule has 0 unspecified atom stereocenters. The summed E-state index contributed by atoms with van der Waals surface area (Å²) in [6.45, 7) is 1.82. The molecule has 0 aliphatic carbocycles. The van der Waals surface area contributed by atoms with Crippen LogP contribution in [0, 0.1) is 6.92 Å². The summed E-state index contributed by atoms with van der Waals surface area (Å²) in [5, 5.41) is 4.06. The zero-order valence-electron chi connectivity index (χ0n) is 9.25. The van der Waals surface area contributed by atoms with E-state index in [0.29, 0.717) is 11.5 Å². The molecule has 0 saturated heterocycles. The van der Waals surface area contributed by atoms with Crippen LogP contribution in [0.2, 0.25) is 0 Å². The minimum atomic E-state index is -0.182. The first-order chi connectivity index (χ1) is 8.24. The summed E-state index contributed by atoms with van der Waals surface area (Å²) < 4.78 is 6.92. The molecule has 3 rings (SSSR count). The fraction of sp³-hybridized carbons (Fsp3) is 0.0769. The van der Waals surface area contributed by atoms with Gasteiger partial charge in [-0.05, 0) is 6.92 Å². The maximum absolute atomic E-state index is 11.8. The Balaban J connectivity index is 2.29. The molecule has 0 saturated carbocycles. The summed E-state index contributed by atoms with van der Waals surface area (Å²) >= 11 is 0. The van der Waals surface area contributed by atoms with Crippen LogP contribution in [0.3, 0.4) is 0 Å². The van der Waals surface area contributed by atoms with Crippen LogP contribution in [-0.4, -0.2) is 9.61 Å². The van der Waals surface area contributed by atoms with Gasteiger partial charge in [0.2, 0.25) is 5.71 Å². The zero-order chi connectivity index (χ0) is 11.8. The molecule has 0 aliphatic heterocycles. The lowest BCUT2D eigenvalue weighted by Gasteiger charge is -2.00. The van der Waals surface area contributed by atoms with Crippen LogP contribution in [0.5, 0.6) is 0 Å².